The molecule has 0 spiro atoms. The number of ketones is 1. The Morgan fingerprint density at radius 2 is 0.972 bits per heavy atom. The molecule has 0 radical (unpaired) electrons. The maximum absolute atomic E-state index is 14.3. The van der Waals surface area contributed by atoms with Gasteiger partial charge in [-0.15, -0.1) is 0 Å². The number of nitro benzene ring substituents is 2. The number of hydrogen-bond donors (Lipinski definition) is 0. The van der Waals surface area contributed by atoms with E-state index < -0.39 is 50.5 Å². The van der Waals surface area contributed by atoms with Gasteiger partial charge in [0.1, 0.15) is 11.6 Å². The second-order valence-electron chi connectivity index (χ2n) is 8.01. The van der Waals surface area contributed by atoms with Crippen LogP contribution in [0.15, 0.2) is 97.1 Å². The van der Waals surface area contributed by atoms with Gasteiger partial charge in [-0.05, 0) is 35.4 Å². The lowest BCUT2D eigenvalue weighted by atomic mass is 9.76. The van der Waals surface area contributed by atoms with Crippen LogP contribution in [0, 0.1) is 31.9 Å². The van der Waals surface area contributed by atoms with Gasteiger partial charge in [0.25, 0.3) is 11.4 Å². The fourth-order valence-corrected chi connectivity index (χ4v) is 4.29. The molecule has 0 saturated carbocycles. The topological polar surface area (TPSA) is 103 Å². The molecule has 0 N–H and O–H groups in total. The van der Waals surface area contributed by atoms with E-state index in [0.29, 0.717) is 11.1 Å². The molecular weight excluding hydrogens is 470 g/mol. The van der Waals surface area contributed by atoms with Crippen LogP contribution in [0.1, 0.15) is 34.1 Å². The highest BCUT2D eigenvalue weighted by Gasteiger charge is 2.38. The van der Waals surface area contributed by atoms with Crippen LogP contribution in [0.2, 0.25) is 0 Å². The molecular formula is C27H18F2N2O5. The molecule has 2 unspecified atom stereocenters. The standard InChI is InChI=1S/C27H18F2N2O5/c28-19-11-13-21(23(15-19)30(33)34)25(17-7-3-1-4-8-17)27(32)26(18-9-5-2-6-10-18)22-14-12-20(29)16-24(22)31(35)36/h1-16,25-26H. The van der Waals surface area contributed by atoms with Gasteiger partial charge in [0.05, 0.1) is 33.8 Å². The number of carbonyl (C=O) groups excluding carboxylic acids is 1. The number of rotatable bonds is 8. The lowest BCUT2D eigenvalue weighted by Crippen LogP contribution is -2.24. The van der Waals surface area contributed by atoms with E-state index in [2.05, 4.69) is 0 Å². The first-order valence-electron chi connectivity index (χ1n) is 10.8. The Hall–Kier alpha value is -4.79. The summed E-state index contributed by atoms with van der Waals surface area (Å²) >= 11 is 0. The summed E-state index contributed by atoms with van der Waals surface area (Å²) in [6, 6.07) is 22.2. The van der Waals surface area contributed by atoms with Gasteiger partial charge in [0.2, 0.25) is 0 Å². The summed E-state index contributed by atoms with van der Waals surface area (Å²) in [4.78, 5) is 36.4. The number of halogens is 2. The number of carbonyl (C=O) groups is 1. The maximum atomic E-state index is 14.3. The van der Waals surface area contributed by atoms with E-state index in [1.165, 1.54) is 12.1 Å². The maximum Gasteiger partial charge on any atom is 0.276 e. The fourth-order valence-electron chi connectivity index (χ4n) is 4.29. The van der Waals surface area contributed by atoms with Crippen LogP contribution in [-0.2, 0) is 4.79 Å². The van der Waals surface area contributed by atoms with Crippen LogP contribution < -0.4 is 0 Å². The molecule has 4 rings (SSSR count). The number of hydrogen-bond acceptors (Lipinski definition) is 5. The zero-order valence-corrected chi connectivity index (χ0v) is 18.6. The van der Waals surface area contributed by atoms with Gasteiger partial charge >= 0.3 is 0 Å². The van der Waals surface area contributed by atoms with Gasteiger partial charge in [0.15, 0.2) is 5.78 Å². The largest absolute Gasteiger partial charge is 0.298 e. The van der Waals surface area contributed by atoms with Gasteiger partial charge in [0, 0.05) is 11.1 Å². The van der Waals surface area contributed by atoms with Crippen LogP contribution in [0.5, 0.6) is 0 Å². The average Bonchev–Trinajstić information content (AvgIpc) is 2.87. The Labute approximate surface area is 203 Å². The van der Waals surface area contributed by atoms with Crippen molar-refractivity contribution in [3.05, 3.63) is 151 Å². The zero-order valence-electron chi connectivity index (χ0n) is 18.6. The van der Waals surface area contributed by atoms with Gasteiger partial charge in [-0.1, -0.05) is 60.7 Å². The summed E-state index contributed by atoms with van der Waals surface area (Å²) in [5, 5.41) is 23.6. The minimum absolute atomic E-state index is 0.0664. The normalized spacial score (nSPS) is 12.5. The molecule has 7 nitrogen and oxygen atoms in total. The average molecular weight is 488 g/mol. The smallest absolute Gasteiger partial charge is 0.276 e. The fraction of sp³-hybridized carbons (Fsp3) is 0.0741. The van der Waals surface area contributed by atoms with Gasteiger partial charge < -0.3 is 0 Å². The van der Waals surface area contributed by atoms with Crippen molar-refractivity contribution >= 4 is 17.2 Å². The van der Waals surface area contributed by atoms with E-state index >= 15 is 0 Å². The molecule has 36 heavy (non-hydrogen) atoms. The number of Topliss-reactive ketones (excluding diaryl/α,β-unsaturated/α-hetero) is 1. The van der Waals surface area contributed by atoms with Crippen molar-refractivity contribution < 1.29 is 23.4 Å². The SMILES string of the molecule is O=C(C(c1ccccc1)c1ccc(F)cc1[N+](=O)[O-])C(c1ccccc1)c1ccc(F)cc1[N+](=O)[O-]. The van der Waals surface area contributed by atoms with Crippen LogP contribution in [0.25, 0.3) is 0 Å². The molecule has 0 amide bonds. The highest BCUT2D eigenvalue weighted by Crippen LogP contribution is 2.41. The minimum atomic E-state index is -1.28. The molecule has 180 valence electrons. The summed E-state index contributed by atoms with van der Waals surface area (Å²) in [7, 11) is 0. The second kappa shape index (κ2) is 10.2. The predicted molar refractivity (Wildman–Crippen MR) is 128 cm³/mol. The quantitative estimate of drug-likeness (QED) is 0.213. The molecule has 0 saturated heterocycles. The minimum Gasteiger partial charge on any atom is -0.298 e. The first-order valence-corrected chi connectivity index (χ1v) is 10.8. The van der Waals surface area contributed by atoms with E-state index in [1.54, 1.807) is 60.7 Å². The Kier molecular flexibility index (Phi) is 6.91. The Morgan fingerprint density at radius 3 is 1.31 bits per heavy atom. The summed E-state index contributed by atoms with van der Waals surface area (Å²) in [5.41, 5.74) is -0.576. The first-order chi connectivity index (χ1) is 17.3. The van der Waals surface area contributed by atoms with Crippen molar-refractivity contribution in [2.45, 2.75) is 11.8 Å². The third-order valence-corrected chi connectivity index (χ3v) is 5.84. The van der Waals surface area contributed by atoms with Crippen molar-refractivity contribution in [1.29, 1.82) is 0 Å². The van der Waals surface area contributed by atoms with Crippen LogP contribution in [0.3, 0.4) is 0 Å². The van der Waals surface area contributed by atoms with Crippen LogP contribution in [0.4, 0.5) is 20.2 Å². The summed E-state index contributed by atoms with van der Waals surface area (Å²) in [6.45, 7) is 0. The molecule has 4 aromatic rings. The second-order valence-corrected chi connectivity index (χ2v) is 8.01. The van der Waals surface area contributed by atoms with Crippen LogP contribution >= 0.6 is 0 Å². The number of nitrogens with zero attached hydrogens (tertiary/aromatic N) is 2. The summed E-state index contributed by atoms with van der Waals surface area (Å²) < 4.78 is 27.9. The molecule has 0 aliphatic carbocycles. The van der Waals surface area contributed by atoms with Crippen molar-refractivity contribution in [1.82, 2.24) is 0 Å². The van der Waals surface area contributed by atoms with Crippen molar-refractivity contribution in [2.75, 3.05) is 0 Å². The molecule has 0 fully saturated rings. The van der Waals surface area contributed by atoms with Crippen molar-refractivity contribution in [3.63, 3.8) is 0 Å². The summed E-state index contributed by atoms with van der Waals surface area (Å²) in [6.07, 6.45) is 0. The van der Waals surface area contributed by atoms with E-state index in [1.807, 2.05) is 0 Å². The zero-order chi connectivity index (χ0) is 25.8. The van der Waals surface area contributed by atoms with Crippen molar-refractivity contribution in [3.8, 4) is 0 Å². The van der Waals surface area contributed by atoms with E-state index in [-0.39, 0.29) is 11.1 Å². The number of benzene rings is 4. The monoisotopic (exact) mass is 488 g/mol. The van der Waals surface area contributed by atoms with E-state index in [0.717, 1.165) is 24.3 Å². The molecule has 0 heterocycles. The Balaban J connectivity index is 2.00. The molecule has 4 aromatic carbocycles. The Morgan fingerprint density at radius 1 is 0.611 bits per heavy atom. The van der Waals surface area contributed by atoms with Crippen molar-refractivity contribution in [2.24, 2.45) is 0 Å². The predicted octanol–water partition coefficient (Wildman–Crippen LogP) is 6.31. The van der Waals surface area contributed by atoms with Crippen LogP contribution in [-0.4, -0.2) is 15.6 Å². The molecule has 0 aliphatic rings. The van der Waals surface area contributed by atoms with Gasteiger partial charge in [-0.2, -0.15) is 0 Å². The highest BCUT2D eigenvalue weighted by molar-refractivity contribution is 5.98. The third kappa shape index (κ3) is 4.85. The molecule has 2 atom stereocenters. The number of nitro groups is 2. The first kappa shape index (κ1) is 24.3. The van der Waals surface area contributed by atoms with Gasteiger partial charge in [-0.25, -0.2) is 8.78 Å². The van der Waals surface area contributed by atoms with Gasteiger partial charge in [-0.3, -0.25) is 25.0 Å². The molecule has 0 aliphatic heterocycles. The van der Waals surface area contributed by atoms with E-state index in [4.69, 9.17) is 0 Å². The lowest BCUT2D eigenvalue weighted by molar-refractivity contribution is -0.385. The van der Waals surface area contributed by atoms with E-state index in [9.17, 15) is 33.8 Å². The molecule has 9 heteroatoms. The lowest BCUT2D eigenvalue weighted by Gasteiger charge is -2.24. The molecule has 0 bridgehead atoms. The summed E-state index contributed by atoms with van der Waals surface area (Å²) in [5.74, 6) is -4.88. The third-order valence-electron chi connectivity index (χ3n) is 5.84. The highest BCUT2D eigenvalue weighted by atomic mass is 19.1. The Bertz CT molecular complexity index is 1340. The molecule has 0 aromatic heterocycles.